The predicted molar refractivity (Wildman–Crippen MR) is 107 cm³/mol. The number of carbonyl (C=O) groups excluding carboxylic acids is 1. The number of benzene rings is 1. The van der Waals surface area contributed by atoms with Gasteiger partial charge in [-0.25, -0.2) is 9.97 Å². The summed E-state index contributed by atoms with van der Waals surface area (Å²) in [7, 11) is 0. The van der Waals surface area contributed by atoms with E-state index >= 15 is 0 Å². The zero-order valence-corrected chi connectivity index (χ0v) is 15.8. The molecule has 2 heterocycles. The minimum atomic E-state index is 0.0896. The molecule has 1 amide bonds. The van der Waals surface area contributed by atoms with Gasteiger partial charge >= 0.3 is 0 Å². The fraction of sp³-hybridized carbons (Fsp3) is 0.500. The van der Waals surface area contributed by atoms with Crippen LogP contribution in [0.25, 0.3) is 0 Å². The maximum Gasteiger partial charge on any atom is 0.234 e. The van der Waals surface area contributed by atoms with Gasteiger partial charge in [0.15, 0.2) is 0 Å². The van der Waals surface area contributed by atoms with Gasteiger partial charge in [-0.3, -0.25) is 9.69 Å². The predicted octanol–water partition coefficient (Wildman–Crippen LogP) is 3.46. The lowest BCUT2D eigenvalue weighted by Crippen LogP contribution is -2.50. The largest absolute Gasteiger partial charge is 0.300 e. The van der Waals surface area contributed by atoms with Gasteiger partial charge in [0.1, 0.15) is 0 Å². The van der Waals surface area contributed by atoms with E-state index in [2.05, 4.69) is 14.9 Å². The molecule has 4 rings (SSSR count). The fourth-order valence-corrected chi connectivity index (χ4v) is 4.53. The maximum atomic E-state index is 13.2. The summed E-state index contributed by atoms with van der Waals surface area (Å²) >= 11 is 0. The van der Waals surface area contributed by atoms with Crippen molar-refractivity contribution >= 4 is 11.9 Å². The molecule has 0 spiro atoms. The minimum Gasteiger partial charge on any atom is -0.300 e. The Morgan fingerprint density at radius 3 is 2.30 bits per heavy atom. The number of hydrogen-bond acceptors (Lipinski definition) is 4. The lowest BCUT2D eigenvalue weighted by molar-refractivity contribution is -0.118. The molecule has 1 aromatic heterocycles. The molecule has 1 aliphatic heterocycles. The first-order chi connectivity index (χ1) is 13.3. The Morgan fingerprint density at radius 1 is 0.963 bits per heavy atom. The second-order valence-electron chi connectivity index (χ2n) is 7.68. The van der Waals surface area contributed by atoms with Crippen molar-refractivity contribution in [2.45, 2.75) is 57.0 Å². The summed E-state index contributed by atoms with van der Waals surface area (Å²) in [5, 5.41) is 0. The van der Waals surface area contributed by atoms with Gasteiger partial charge in [-0.05, 0) is 37.3 Å². The molecular weight excluding hydrogens is 336 g/mol. The molecule has 0 radical (unpaired) electrons. The number of carbonyl (C=O) groups is 1. The number of amides is 1. The lowest BCUT2D eigenvalue weighted by Gasteiger charge is -2.40. The van der Waals surface area contributed by atoms with Crippen molar-refractivity contribution in [3.05, 3.63) is 54.4 Å². The normalized spacial score (nSPS) is 19.3. The van der Waals surface area contributed by atoms with E-state index in [4.69, 9.17) is 0 Å². The molecule has 1 aliphatic carbocycles. The standard InChI is InChI=1S/C22H28N4O/c27-21(17-18-7-2-1-3-8-18)26(22-23-13-6-14-24-22)20-11-15-25(16-12-20)19-9-4-5-10-19/h1-3,6-8,13-14,19-20H,4-5,9-12,15-17H2. The number of aromatic nitrogens is 2. The smallest absolute Gasteiger partial charge is 0.234 e. The number of rotatable bonds is 5. The van der Waals surface area contributed by atoms with Crippen LogP contribution in [-0.4, -0.2) is 45.9 Å². The Hall–Kier alpha value is -2.27. The highest BCUT2D eigenvalue weighted by atomic mass is 16.2. The number of nitrogens with zero attached hydrogens (tertiary/aromatic N) is 4. The Labute approximate surface area is 161 Å². The summed E-state index contributed by atoms with van der Waals surface area (Å²) in [5.74, 6) is 0.629. The lowest BCUT2D eigenvalue weighted by atomic mass is 10.00. The molecule has 1 saturated heterocycles. The first-order valence-corrected chi connectivity index (χ1v) is 10.2. The molecule has 142 valence electrons. The topological polar surface area (TPSA) is 49.3 Å². The second kappa shape index (κ2) is 8.61. The number of piperidine rings is 1. The zero-order chi connectivity index (χ0) is 18.5. The average molecular weight is 364 g/mol. The highest BCUT2D eigenvalue weighted by Crippen LogP contribution is 2.28. The third kappa shape index (κ3) is 4.35. The van der Waals surface area contributed by atoms with Gasteiger partial charge in [0.05, 0.1) is 6.42 Å². The summed E-state index contributed by atoms with van der Waals surface area (Å²) < 4.78 is 0. The van der Waals surface area contributed by atoms with Crippen LogP contribution in [0.4, 0.5) is 5.95 Å². The maximum absolute atomic E-state index is 13.2. The first kappa shape index (κ1) is 18.1. The molecule has 2 aliphatic rings. The molecule has 1 aromatic carbocycles. The van der Waals surface area contributed by atoms with E-state index < -0.39 is 0 Å². The Kier molecular flexibility index (Phi) is 5.78. The monoisotopic (exact) mass is 364 g/mol. The van der Waals surface area contributed by atoms with Crippen LogP contribution < -0.4 is 4.90 Å². The van der Waals surface area contributed by atoms with E-state index in [9.17, 15) is 4.79 Å². The van der Waals surface area contributed by atoms with Crippen LogP contribution in [0, 0.1) is 0 Å². The zero-order valence-electron chi connectivity index (χ0n) is 15.8. The molecule has 0 N–H and O–H groups in total. The number of likely N-dealkylation sites (tertiary alicyclic amines) is 1. The van der Waals surface area contributed by atoms with Gasteiger partial charge in [0, 0.05) is 37.6 Å². The molecule has 1 saturated carbocycles. The molecule has 0 atom stereocenters. The first-order valence-electron chi connectivity index (χ1n) is 10.2. The number of hydrogen-bond donors (Lipinski definition) is 0. The molecule has 2 aromatic rings. The van der Waals surface area contributed by atoms with Crippen LogP contribution in [0.15, 0.2) is 48.8 Å². The van der Waals surface area contributed by atoms with Crippen molar-refractivity contribution < 1.29 is 4.79 Å². The molecule has 0 unspecified atom stereocenters. The van der Waals surface area contributed by atoms with Gasteiger partial charge in [-0.15, -0.1) is 0 Å². The SMILES string of the molecule is O=C(Cc1ccccc1)N(c1ncccn1)C1CCN(C2CCCC2)CC1. The third-order valence-corrected chi connectivity index (χ3v) is 5.94. The molecule has 5 heteroatoms. The second-order valence-corrected chi connectivity index (χ2v) is 7.68. The molecular formula is C22H28N4O. The van der Waals surface area contributed by atoms with Gasteiger partial charge in [-0.2, -0.15) is 0 Å². The van der Waals surface area contributed by atoms with E-state index in [0.717, 1.165) is 37.5 Å². The van der Waals surface area contributed by atoms with Crippen molar-refractivity contribution in [3.63, 3.8) is 0 Å². The van der Waals surface area contributed by atoms with Crippen LogP contribution in [0.3, 0.4) is 0 Å². The molecule has 27 heavy (non-hydrogen) atoms. The van der Waals surface area contributed by atoms with Crippen LogP contribution in [0.1, 0.15) is 44.1 Å². The van der Waals surface area contributed by atoms with E-state index in [1.54, 1.807) is 18.5 Å². The Morgan fingerprint density at radius 2 is 1.63 bits per heavy atom. The Balaban J connectivity index is 1.48. The van der Waals surface area contributed by atoms with E-state index in [1.165, 1.54) is 25.7 Å². The summed E-state index contributed by atoms with van der Waals surface area (Å²) in [4.78, 5) is 26.5. The van der Waals surface area contributed by atoms with Gasteiger partial charge < -0.3 is 4.90 Å². The van der Waals surface area contributed by atoms with E-state index in [1.807, 2.05) is 35.2 Å². The Bertz CT molecular complexity index is 722. The number of anilines is 1. The fourth-order valence-electron chi connectivity index (χ4n) is 4.53. The molecule has 2 fully saturated rings. The van der Waals surface area contributed by atoms with Crippen molar-refractivity contribution in [1.82, 2.24) is 14.9 Å². The van der Waals surface area contributed by atoms with Crippen molar-refractivity contribution in [2.24, 2.45) is 0 Å². The summed E-state index contributed by atoms with van der Waals surface area (Å²) in [6, 6.07) is 12.7. The highest BCUT2D eigenvalue weighted by molar-refractivity contribution is 5.93. The molecule has 0 bridgehead atoms. The van der Waals surface area contributed by atoms with Gasteiger partial charge in [0.25, 0.3) is 0 Å². The minimum absolute atomic E-state index is 0.0896. The van der Waals surface area contributed by atoms with Gasteiger partial charge in [-0.1, -0.05) is 43.2 Å². The van der Waals surface area contributed by atoms with Crippen molar-refractivity contribution in [3.8, 4) is 0 Å². The van der Waals surface area contributed by atoms with Crippen LogP contribution in [0.2, 0.25) is 0 Å². The van der Waals surface area contributed by atoms with Crippen LogP contribution in [-0.2, 0) is 11.2 Å². The molecule has 5 nitrogen and oxygen atoms in total. The van der Waals surface area contributed by atoms with E-state index in [-0.39, 0.29) is 11.9 Å². The van der Waals surface area contributed by atoms with E-state index in [0.29, 0.717) is 12.4 Å². The summed E-state index contributed by atoms with van der Waals surface area (Å²) in [6.07, 6.45) is 11.2. The highest BCUT2D eigenvalue weighted by Gasteiger charge is 2.33. The van der Waals surface area contributed by atoms with Crippen molar-refractivity contribution in [2.75, 3.05) is 18.0 Å². The third-order valence-electron chi connectivity index (χ3n) is 5.94. The summed E-state index contributed by atoms with van der Waals surface area (Å²) in [6.45, 7) is 2.13. The van der Waals surface area contributed by atoms with Gasteiger partial charge in [0.2, 0.25) is 11.9 Å². The quantitative estimate of drug-likeness (QED) is 0.815. The summed E-state index contributed by atoms with van der Waals surface area (Å²) in [5.41, 5.74) is 1.03. The average Bonchev–Trinajstić information content (AvgIpc) is 3.25. The van der Waals surface area contributed by atoms with Crippen molar-refractivity contribution in [1.29, 1.82) is 0 Å². The van der Waals surface area contributed by atoms with Crippen LogP contribution in [0.5, 0.6) is 0 Å². The van der Waals surface area contributed by atoms with Crippen LogP contribution >= 0.6 is 0 Å².